The van der Waals surface area contributed by atoms with E-state index < -0.39 is 0 Å². The fraction of sp³-hybridized carbons (Fsp3) is 0.125. The summed E-state index contributed by atoms with van der Waals surface area (Å²) < 4.78 is 7.11. The van der Waals surface area contributed by atoms with Crippen LogP contribution in [0.3, 0.4) is 0 Å². The van der Waals surface area contributed by atoms with Gasteiger partial charge in [0.15, 0.2) is 5.82 Å². The maximum atomic E-state index is 6.23. The van der Waals surface area contributed by atoms with E-state index in [-0.39, 0.29) is 0 Å². The number of halogens is 1. The summed E-state index contributed by atoms with van der Waals surface area (Å²) in [5.74, 6) is 1.32. The van der Waals surface area contributed by atoms with Crippen molar-refractivity contribution in [2.75, 3.05) is 7.11 Å². The van der Waals surface area contributed by atoms with Crippen molar-refractivity contribution in [2.24, 2.45) is 7.05 Å². The largest absolute Gasteiger partial charge is 0.497 e. The summed E-state index contributed by atoms with van der Waals surface area (Å²) in [6.07, 6.45) is 3.22. The average molecular weight is 373 g/mol. The third kappa shape index (κ3) is 2.90. The molecular weight excluding hydrogens is 360 g/mol. The summed E-state index contributed by atoms with van der Waals surface area (Å²) in [5, 5.41) is 12.5. The van der Waals surface area contributed by atoms with Gasteiger partial charge in [0.05, 0.1) is 23.4 Å². The van der Waals surface area contributed by atoms with Crippen LogP contribution in [-0.4, -0.2) is 37.1 Å². The van der Waals surface area contributed by atoms with Crippen molar-refractivity contribution < 1.29 is 4.74 Å². The van der Waals surface area contributed by atoms with E-state index in [1.807, 2.05) is 25.2 Å². The van der Waals surface area contributed by atoms with Gasteiger partial charge in [-0.05, 0) is 24.3 Å². The average Bonchev–Trinajstić information content (AvgIpc) is 3.33. The van der Waals surface area contributed by atoms with E-state index in [1.165, 1.54) is 17.7 Å². The number of aromatic nitrogens is 6. The molecule has 4 aromatic rings. The molecule has 0 unspecified atom stereocenters. The van der Waals surface area contributed by atoms with E-state index in [0.29, 0.717) is 16.6 Å². The van der Waals surface area contributed by atoms with Gasteiger partial charge < -0.3 is 4.74 Å². The smallest absolute Gasteiger partial charge is 0.167 e. The first-order valence-corrected chi connectivity index (χ1v) is 8.55. The molecule has 4 rings (SSSR count). The highest BCUT2D eigenvalue weighted by Gasteiger charge is 2.20. The van der Waals surface area contributed by atoms with Crippen LogP contribution >= 0.6 is 22.9 Å². The number of nitrogens with zero attached hydrogens (tertiary/aromatic N) is 5. The SMILES string of the molecule is COc1cc(Cl)cc(-c2nc(-c3ccnn3C)sc2-c2ncn[nH]2)c1. The Labute approximate surface area is 152 Å². The number of ether oxygens (including phenoxy) is 1. The van der Waals surface area contributed by atoms with Crippen LogP contribution in [0, 0.1) is 0 Å². The molecule has 0 bridgehead atoms. The van der Waals surface area contributed by atoms with Crippen molar-refractivity contribution >= 4 is 22.9 Å². The lowest BCUT2D eigenvalue weighted by atomic mass is 10.1. The summed E-state index contributed by atoms with van der Waals surface area (Å²) in [5.41, 5.74) is 2.53. The van der Waals surface area contributed by atoms with Gasteiger partial charge in [0, 0.05) is 23.8 Å². The highest BCUT2D eigenvalue weighted by atomic mass is 35.5. The first-order chi connectivity index (χ1) is 12.2. The molecule has 0 saturated carbocycles. The van der Waals surface area contributed by atoms with Gasteiger partial charge in [-0.25, -0.2) is 9.97 Å². The minimum absolute atomic E-state index is 0.577. The lowest BCUT2D eigenvalue weighted by Crippen LogP contribution is -1.92. The number of hydrogen-bond acceptors (Lipinski definition) is 6. The van der Waals surface area contributed by atoms with Crippen molar-refractivity contribution in [1.29, 1.82) is 0 Å². The molecule has 0 aliphatic heterocycles. The third-order valence-electron chi connectivity index (χ3n) is 3.68. The standard InChI is InChI=1S/C16H13ClN6OS/c1-23-12(3-4-20-23)16-21-13(14(25-16)15-18-8-19-22-15)9-5-10(17)7-11(6-9)24-2/h3-8H,1-2H3,(H,18,19,22). The molecule has 0 atom stereocenters. The van der Waals surface area contributed by atoms with Gasteiger partial charge in [-0.15, -0.1) is 11.3 Å². The van der Waals surface area contributed by atoms with E-state index in [9.17, 15) is 0 Å². The van der Waals surface area contributed by atoms with Crippen LogP contribution in [0.25, 0.3) is 32.7 Å². The van der Waals surface area contributed by atoms with Gasteiger partial charge in [-0.3, -0.25) is 9.78 Å². The van der Waals surface area contributed by atoms with Crippen molar-refractivity contribution in [3.8, 4) is 38.4 Å². The topological polar surface area (TPSA) is 81.5 Å². The minimum Gasteiger partial charge on any atom is -0.497 e. The summed E-state index contributed by atoms with van der Waals surface area (Å²) in [4.78, 5) is 9.96. The molecule has 3 aromatic heterocycles. The second-order valence-corrected chi connectivity index (χ2v) is 6.69. The van der Waals surface area contributed by atoms with Crippen LogP contribution in [0.15, 0.2) is 36.8 Å². The third-order valence-corrected chi connectivity index (χ3v) is 4.98. The highest BCUT2D eigenvalue weighted by Crippen LogP contribution is 2.40. The zero-order valence-electron chi connectivity index (χ0n) is 13.4. The number of nitrogens with one attached hydrogen (secondary N) is 1. The molecule has 0 radical (unpaired) electrons. The predicted octanol–water partition coefficient (Wildman–Crippen LogP) is 3.66. The molecule has 0 fully saturated rings. The van der Waals surface area contributed by atoms with E-state index in [0.717, 1.165) is 26.8 Å². The second kappa shape index (κ2) is 6.30. The molecule has 126 valence electrons. The Morgan fingerprint density at radius 1 is 1.28 bits per heavy atom. The molecule has 7 nitrogen and oxygen atoms in total. The van der Waals surface area contributed by atoms with Crippen LogP contribution in [0.1, 0.15) is 0 Å². The number of methoxy groups -OCH3 is 1. The fourth-order valence-corrected chi connectivity index (χ4v) is 3.82. The molecule has 9 heteroatoms. The number of aryl methyl sites for hydroxylation is 1. The molecular formula is C16H13ClN6OS. The normalized spacial score (nSPS) is 11.0. The molecule has 0 aliphatic rings. The van der Waals surface area contributed by atoms with Crippen LogP contribution < -0.4 is 4.74 Å². The van der Waals surface area contributed by atoms with Gasteiger partial charge in [0.2, 0.25) is 0 Å². The number of thiazole rings is 1. The summed E-state index contributed by atoms with van der Waals surface area (Å²) in [7, 11) is 3.49. The molecule has 0 amide bonds. The molecule has 0 saturated heterocycles. The zero-order valence-corrected chi connectivity index (χ0v) is 15.0. The monoisotopic (exact) mass is 372 g/mol. The Morgan fingerprint density at radius 2 is 2.16 bits per heavy atom. The Bertz CT molecular complexity index is 1020. The highest BCUT2D eigenvalue weighted by molar-refractivity contribution is 7.18. The van der Waals surface area contributed by atoms with Gasteiger partial charge in [0.1, 0.15) is 17.1 Å². The zero-order chi connectivity index (χ0) is 17.4. The summed E-state index contributed by atoms with van der Waals surface area (Å²) in [6, 6.07) is 7.43. The van der Waals surface area contributed by atoms with Crippen LogP contribution in [0.4, 0.5) is 0 Å². The summed E-state index contributed by atoms with van der Waals surface area (Å²) in [6.45, 7) is 0. The predicted molar refractivity (Wildman–Crippen MR) is 96.7 cm³/mol. The first-order valence-electron chi connectivity index (χ1n) is 7.35. The van der Waals surface area contributed by atoms with Gasteiger partial charge >= 0.3 is 0 Å². The number of hydrogen-bond donors (Lipinski definition) is 1. The number of aromatic amines is 1. The van der Waals surface area contributed by atoms with Crippen LogP contribution in [0.5, 0.6) is 5.75 Å². The second-order valence-electron chi connectivity index (χ2n) is 5.25. The minimum atomic E-state index is 0.577. The van der Waals surface area contributed by atoms with E-state index in [2.05, 4.69) is 20.3 Å². The quantitative estimate of drug-likeness (QED) is 0.591. The Morgan fingerprint density at radius 3 is 2.84 bits per heavy atom. The van der Waals surface area contributed by atoms with Crippen molar-refractivity contribution in [1.82, 2.24) is 29.9 Å². The van der Waals surface area contributed by atoms with Crippen LogP contribution in [0.2, 0.25) is 5.02 Å². The van der Waals surface area contributed by atoms with Crippen molar-refractivity contribution in [3.63, 3.8) is 0 Å². The number of benzene rings is 1. The molecule has 1 N–H and O–H groups in total. The molecule has 0 aliphatic carbocycles. The van der Waals surface area contributed by atoms with Gasteiger partial charge in [0.25, 0.3) is 0 Å². The molecule has 1 aromatic carbocycles. The number of rotatable bonds is 4. The summed E-state index contributed by atoms with van der Waals surface area (Å²) >= 11 is 7.75. The van der Waals surface area contributed by atoms with Crippen molar-refractivity contribution in [2.45, 2.75) is 0 Å². The lowest BCUT2D eigenvalue weighted by molar-refractivity contribution is 0.415. The Kier molecular flexibility index (Phi) is 3.98. The maximum absolute atomic E-state index is 6.23. The number of H-pyrrole nitrogens is 1. The fourth-order valence-electron chi connectivity index (χ4n) is 2.50. The first kappa shape index (κ1) is 15.8. The van der Waals surface area contributed by atoms with E-state index in [4.69, 9.17) is 21.3 Å². The Hall–Kier alpha value is -2.71. The van der Waals surface area contributed by atoms with E-state index >= 15 is 0 Å². The molecule has 0 spiro atoms. The van der Waals surface area contributed by atoms with Crippen LogP contribution in [-0.2, 0) is 7.05 Å². The van der Waals surface area contributed by atoms with E-state index in [1.54, 1.807) is 24.1 Å². The van der Waals surface area contributed by atoms with Gasteiger partial charge in [-0.2, -0.15) is 10.2 Å². The van der Waals surface area contributed by atoms with Gasteiger partial charge in [-0.1, -0.05) is 11.6 Å². The maximum Gasteiger partial charge on any atom is 0.167 e. The Balaban J connectivity index is 1.93. The lowest BCUT2D eigenvalue weighted by Gasteiger charge is -2.05. The molecule has 3 heterocycles. The van der Waals surface area contributed by atoms with Crippen molar-refractivity contribution in [3.05, 3.63) is 41.8 Å². The molecule has 25 heavy (non-hydrogen) atoms.